The summed E-state index contributed by atoms with van der Waals surface area (Å²) in [5, 5.41) is 3.46. The minimum atomic E-state index is -0.0829. The van der Waals surface area contributed by atoms with E-state index in [2.05, 4.69) is 5.32 Å². The van der Waals surface area contributed by atoms with Crippen LogP contribution in [0.4, 0.5) is 5.69 Å². The summed E-state index contributed by atoms with van der Waals surface area (Å²) in [6.07, 6.45) is 1.92. The van der Waals surface area contributed by atoms with Crippen molar-refractivity contribution in [2.24, 2.45) is 0 Å². The molecule has 0 aromatic heterocycles. The highest BCUT2D eigenvalue weighted by molar-refractivity contribution is 6.36. The summed E-state index contributed by atoms with van der Waals surface area (Å²) in [6, 6.07) is 13.4. The third-order valence-corrected chi connectivity index (χ3v) is 3.49. The van der Waals surface area contributed by atoms with E-state index in [4.69, 9.17) is 11.6 Å². The minimum Gasteiger partial charge on any atom is -0.321 e. The molecule has 2 nitrogen and oxygen atoms in total. The first-order chi connectivity index (χ1) is 9.15. The fourth-order valence-corrected chi connectivity index (χ4v) is 2.39. The van der Waals surface area contributed by atoms with E-state index in [1.807, 2.05) is 43.3 Å². The molecule has 2 aromatic carbocycles. The smallest absolute Gasteiger partial charge is 0.256 e. The molecular weight excluding hydrogens is 270 g/mol. The predicted octanol–water partition coefficient (Wildman–Crippen LogP) is 4.78. The Labute approximate surface area is 124 Å². The van der Waals surface area contributed by atoms with Gasteiger partial charge in [0.1, 0.15) is 0 Å². The van der Waals surface area contributed by atoms with E-state index in [0.29, 0.717) is 10.6 Å². The first-order valence-electron chi connectivity index (χ1n) is 6.04. The molecule has 2 aromatic rings. The molecule has 0 radical (unpaired) electrons. The van der Waals surface area contributed by atoms with Crippen molar-refractivity contribution in [2.45, 2.75) is 14.4 Å². The second-order valence-electron chi connectivity index (χ2n) is 4.56. The van der Waals surface area contributed by atoms with Gasteiger partial charge in [0.25, 0.3) is 5.91 Å². The number of amides is 1. The summed E-state index contributed by atoms with van der Waals surface area (Å²) in [5.41, 5.74) is 4.55. The third-order valence-electron chi connectivity index (χ3n) is 3.25. The first kappa shape index (κ1) is 14.4. The Bertz CT molecular complexity index is 704. The van der Waals surface area contributed by atoms with Crippen LogP contribution in [0.25, 0.3) is 11.6 Å². The van der Waals surface area contributed by atoms with Crippen molar-refractivity contribution in [1.82, 2.24) is 0 Å². The van der Waals surface area contributed by atoms with Gasteiger partial charge >= 0.3 is 0 Å². The van der Waals surface area contributed by atoms with Gasteiger partial charge in [-0.1, -0.05) is 49.4 Å². The monoisotopic (exact) mass is 285 g/mol. The van der Waals surface area contributed by atoms with Crippen LogP contribution >= 0.6 is 11.6 Å². The molecule has 0 saturated heterocycles. The molecule has 0 atom stereocenters. The molecule has 0 fully saturated rings. The van der Waals surface area contributed by atoms with Crippen molar-refractivity contribution in [3.8, 4) is 0 Å². The molecule has 0 unspecified atom stereocenters. The van der Waals surface area contributed by atoms with Crippen molar-refractivity contribution >= 4 is 34.8 Å². The molecule has 1 N–H and O–H groups in total. The zero-order chi connectivity index (χ0) is 13.4. The van der Waals surface area contributed by atoms with E-state index in [-0.39, 0.29) is 13.3 Å². The molecule has 102 valence electrons. The number of carbonyl (C=O) groups excluding carboxylic acids is 1. The Kier molecular flexibility index (Phi) is 3.96. The van der Waals surface area contributed by atoms with Crippen LogP contribution in [-0.4, -0.2) is 5.91 Å². The lowest BCUT2D eigenvalue weighted by atomic mass is 10.0. The first-order valence-corrected chi connectivity index (χ1v) is 6.41. The van der Waals surface area contributed by atoms with Crippen LogP contribution in [0, 0.1) is 6.92 Å². The van der Waals surface area contributed by atoms with Gasteiger partial charge in [-0.2, -0.15) is 0 Å². The summed E-state index contributed by atoms with van der Waals surface area (Å²) in [7, 11) is 0. The maximum absolute atomic E-state index is 12.0. The predicted molar refractivity (Wildman–Crippen MR) is 85.9 cm³/mol. The lowest BCUT2D eigenvalue weighted by Gasteiger charge is -2.02. The van der Waals surface area contributed by atoms with E-state index in [1.165, 1.54) is 0 Å². The van der Waals surface area contributed by atoms with E-state index >= 15 is 0 Å². The molecule has 1 heterocycles. The number of nitrogens with one attached hydrogen (secondary N) is 1. The quantitative estimate of drug-likeness (QED) is 0.751. The topological polar surface area (TPSA) is 29.1 Å². The van der Waals surface area contributed by atoms with Crippen molar-refractivity contribution < 1.29 is 4.79 Å². The van der Waals surface area contributed by atoms with Gasteiger partial charge in [0.15, 0.2) is 0 Å². The normalized spacial score (nSPS) is 14.7. The maximum Gasteiger partial charge on any atom is 0.256 e. The Hall–Kier alpha value is -2.06. The molecule has 1 amide bonds. The van der Waals surface area contributed by atoms with Crippen LogP contribution in [-0.2, 0) is 4.79 Å². The minimum absolute atomic E-state index is 0. The molecule has 0 aliphatic carbocycles. The summed E-state index contributed by atoms with van der Waals surface area (Å²) in [4.78, 5) is 12.0. The number of hydrogen-bond donors (Lipinski definition) is 1. The van der Waals surface area contributed by atoms with E-state index in [9.17, 15) is 4.79 Å². The second kappa shape index (κ2) is 5.51. The number of aryl methyl sites for hydroxylation is 1. The highest BCUT2D eigenvalue weighted by Gasteiger charge is 2.24. The average molecular weight is 286 g/mol. The van der Waals surface area contributed by atoms with Crippen LogP contribution < -0.4 is 5.32 Å². The fourth-order valence-electron chi connectivity index (χ4n) is 2.21. The summed E-state index contributed by atoms with van der Waals surface area (Å²) >= 11 is 5.93. The molecular formula is C17H16ClNO. The zero-order valence-electron chi connectivity index (χ0n) is 10.4. The number of benzene rings is 2. The van der Waals surface area contributed by atoms with E-state index in [0.717, 1.165) is 22.4 Å². The second-order valence-corrected chi connectivity index (χ2v) is 5.00. The number of rotatable bonds is 1. The largest absolute Gasteiger partial charge is 0.321 e. The van der Waals surface area contributed by atoms with Crippen LogP contribution in [0.3, 0.4) is 0 Å². The number of anilines is 1. The van der Waals surface area contributed by atoms with Gasteiger partial charge in [0.2, 0.25) is 0 Å². The average Bonchev–Trinajstić information content (AvgIpc) is 2.68. The van der Waals surface area contributed by atoms with Gasteiger partial charge in [-0.05, 0) is 36.3 Å². The Morgan fingerprint density at radius 2 is 1.90 bits per heavy atom. The van der Waals surface area contributed by atoms with Gasteiger partial charge in [-0.25, -0.2) is 0 Å². The Morgan fingerprint density at radius 1 is 1.15 bits per heavy atom. The lowest BCUT2D eigenvalue weighted by molar-refractivity contribution is -0.110. The standard InChI is InChI=1S/C16H12ClNO.CH4/c1-10-4-2-3-5-11(10)8-14-13-7-6-12(17)9-15(13)18-16(14)19;/h2-9H,1H3,(H,18,19);1H4. The number of carbonyl (C=O) groups is 1. The fraction of sp³-hybridized carbons (Fsp3) is 0.118. The molecule has 0 spiro atoms. The van der Waals surface area contributed by atoms with Crippen LogP contribution in [0.1, 0.15) is 24.1 Å². The van der Waals surface area contributed by atoms with Crippen molar-refractivity contribution in [1.29, 1.82) is 0 Å². The lowest BCUT2D eigenvalue weighted by Crippen LogP contribution is -2.03. The zero-order valence-corrected chi connectivity index (χ0v) is 11.2. The van der Waals surface area contributed by atoms with Gasteiger partial charge in [0.05, 0.1) is 5.69 Å². The molecule has 0 saturated carbocycles. The highest BCUT2D eigenvalue weighted by Crippen LogP contribution is 2.35. The van der Waals surface area contributed by atoms with E-state index < -0.39 is 0 Å². The summed E-state index contributed by atoms with van der Waals surface area (Å²) < 4.78 is 0. The van der Waals surface area contributed by atoms with Gasteiger partial charge in [-0.15, -0.1) is 0 Å². The molecule has 20 heavy (non-hydrogen) atoms. The van der Waals surface area contributed by atoms with Gasteiger partial charge in [-0.3, -0.25) is 4.79 Å². The molecule has 1 aliphatic heterocycles. The molecule has 0 bridgehead atoms. The number of halogens is 1. The van der Waals surface area contributed by atoms with Gasteiger partial charge in [0, 0.05) is 16.2 Å². The summed E-state index contributed by atoms with van der Waals surface area (Å²) in [6.45, 7) is 2.03. The SMILES string of the molecule is C.Cc1ccccc1C=C1C(=O)Nc2cc(Cl)ccc21. The number of hydrogen-bond acceptors (Lipinski definition) is 1. The Morgan fingerprint density at radius 3 is 2.65 bits per heavy atom. The van der Waals surface area contributed by atoms with Crippen LogP contribution in [0.5, 0.6) is 0 Å². The van der Waals surface area contributed by atoms with Crippen LogP contribution in [0.15, 0.2) is 42.5 Å². The highest BCUT2D eigenvalue weighted by atomic mass is 35.5. The Balaban J connectivity index is 0.00000147. The molecule has 1 aliphatic rings. The molecule has 3 rings (SSSR count). The maximum atomic E-state index is 12.0. The van der Waals surface area contributed by atoms with Crippen molar-refractivity contribution in [3.05, 3.63) is 64.2 Å². The van der Waals surface area contributed by atoms with Gasteiger partial charge < -0.3 is 5.32 Å². The number of fused-ring (bicyclic) bond motifs is 1. The van der Waals surface area contributed by atoms with Crippen LogP contribution in [0.2, 0.25) is 5.02 Å². The summed E-state index contributed by atoms with van der Waals surface area (Å²) in [5.74, 6) is -0.0829. The van der Waals surface area contributed by atoms with Crippen molar-refractivity contribution in [2.75, 3.05) is 5.32 Å². The molecule has 3 heteroatoms. The van der Waals surface area contributed by atoms with Crippen molar-refractivity contribution in [3.63, 3.8) is 0 Å². The van der Waals surface area contributed by atoms with E-state index in [1.54, 1.807) is 12.1 Å². The third kappa shape index (κ3) is 2.47.